The number of carbonyl (C=O) groups excluding carboxylic acids is 1. The molecule has 0 atom stereocenters. The normalized spacial score (nSPS) is 15.1. The van der Waals surface area contributed by atoms with Gasteiger partial charge in [0.2, 0.25) is 5.91 Å². The van der Waals surface area contributed by atoms with Gasteiger partial charge in [-0.05, 0) is 45.0 Å². The maximum absolute atomic E-state index is 13.1. The van der Waals surface area contributed by atoms with Crippen LogP contribution in [0.15, 0.2) is 52.9 Å². The number of fused-ring (bicyclic) bond motifs is 1. The molecule has 1 aromatic heterocycles. The predicted octanol–water partition coefficient (Wildman–Crippen LogP) is 3.68. The molecule has 28 heavy (non-hydrogen) atoms. The fraction of sp³-hybridized carbons (Fsp3) is 0.364. The molecule has 1 aliphatic heterocycles. The van der Waals surface area contributed by atoms with Crippen molar-refractivity contribution in [3.63, 3.8) is 0 Å². The number of nitrogens with zero attached hydrogens (tertiary/aromatic N) is 3. The quantitative estimate of drug-likeness (QED) is 0.750. The standard InChI is InChI=1S/C22H26N4O2/c1-16-8-10-17(11-9-16)24-22(2,3)20(27)25-12-14-26(15-13-25)21-23-18-6-4-5-7-19(18)28-21/h4-11,24H,12-15H2,1-3H3. The van der Waals surface area contributed by atoms with Gasteiger partial charge in [0.1, 0.15) is 11.1 Å². The molecule has 0 radical (unpaired) electrons. The van der Waals surface area contributed by atoms with Crippen molar-refractivity contribution in [1.29, 1.82) is 0 Å². The van der Waals surface area contributed by atoms with Gasteiger partial charge in [0, 0.05) is 31.9 Å². The smallest absolute Gasteiger partial charge is 0.298 e. The highest BCUT2D eigenvalue weighted by Gasteiger charge is 2.34. The van der Waals surface area contributed by atoms with Crippen LogP contribution in [0, 0.1) is 6.92 Å². The Kier molecular flexibility index (Phi) is 4.71. The van der Waals surface area contributed by atoms with Gasteiger partial charge in [-0.1, -0.05) is 29.8 Å². The van der Waals surface area contributed by atoms with E-state index in [1.165, 1.54) is 5.56 Å². The van der Waals surface area contributed by atoms with Gasteiger partial charge >= 0.3 is 0 Å². The summed E-state index contributed by atoms with van der Waals surface area (Å²) in [4.78, 5) is 21.7. The molecule has 1 saturated heterocycles. The zero-order valence-electron chi connectivity index (χ0n) is 16.6. The fourth-order valence-corrected chi connectivity index (χ4v) is 3.54. The van der Waals surface area contributed by atoms with E-state index in [-0.39, 0.29) is 5.91 Å². The number of para-hydroxylation sites is 2. The Bertz CT molecular complexity index is 937. The molecule has 6 heteroatoms. The molecule has 1 N–H and O–H groups in total. The Hall–Kier alpha value is -3.02. The van der Waals surface area contributed by atoms with Crippen LogP contribution in [0.4, 0.5) is 11.7 Å². The maximum Gasteiger partial charge on any atom is 0.298 e. The average Bonchev–Trinajstić information content (AvgIpc) is 3.13. The number of benzene rings is 2. The minimum atomic E-state index is -0.672. The van der Waals surface area contributed by atoms with Crippen molar-refractivity contribution in [3.8, 4) is 0 Å². The first-order chi connectivity index (χ1) is 13.4. The van der Waals surface area contributed by atoms with E-state index in [2.05, 4.69) is 22.1 Å². The van der Waals surface area contributed by atoms with Crippen molar-refractivity contribution in [2.45, 2.75) is 26.3 Å². The summed E-state index contributed by atoms with van der Waals surface area (Å²) in [5, 5.41) is 3.37. The number of aromatic nitrogens is 1. The van der Waals surface area contributed by atoms with Gasteiger partial charge in [-0.2, -0.15) is 4.98 Å². The molecule has 6 nitrogen and oxygen atoms in total. The van der Waals surface area contributed by atoms with E-state index < -0.39 is 5.54 Å². The predicted molar refractivity (Wildman–Crippen MR) is 112 cm³/mol. The molecular formula is C22H26N4O2. The summed E-state index contributed by atoms with van der Waals surface area (Å²) in [5.74, 6) is 0.102. The number of oxazole rings is 1. The van der Waals surface area contributed by atoms with E-state index in [0.29, 0.717) is 32.2 Å². The van der Waals surface area contributed by atoms with Crippen LogP contribution in [0.1, 0.15) is 19.4 Å². The largest absolute Gasteiger partial charge is 0.423 e. The van der Waals surface area contributed by atoms with E-state index in [0.717, 1.165) is 16.8 Å². The van der Waals surface area contributed by atoms with Crippen LogP contribution in [-0.4, -0.2) is 47.5 Å². The number of carbonyl (C=O) groups is 1. The lowest BCUT2D eigenvalue weighted by molar-refractivity contribution is -0.135. The molecule has 1 amide bonds. The number of anilines is 2. The first kappa shape index (κ1) is 18.3. The first-order valence-electron chi connectivity index (χ1n) is 9.67. The molecule has 0 unspecified atom stereocenters. The van der Waals surface area contributed by atoms with Crippen LogP contribution in [0.2, 0.25) is 0 Å². The van der Waals surface area contributed by atoms with E-state index in [4.69, 9.17) is 4.42 Å². The van der Waals surface area contributed by atoms with Gasteiger partial charge in [0.25, 0.3) is 6.01 Å². The summed E-state index contributed by atoms with van der Waals surface area (Å²) >= 11 is 0. The number of rotatable bonds is 4. The highest BCUT2D eigenvalue weighted by Crippen LogP contribution is 2.24. The average molecular weight is 378 g/mol. The van der Waals surface area contributed by atoms with Gasteiger partial charge in [0.15, 0.2) is 5.58 Å². The molecule has 1 aliphatic rings. The lowest BCUT2D eigenvalue weighted by Crippen LogP contribution is -2.56. The molecule has 146 valence electrons. The molecule has 0 aliphatic carbocycles. The molecule has 3 aromatic rings. The van der Waals surface area contributed by atoms with E-state index in [9.17, 15) is 4.79 Å². The second kappa shape index (κ2) is 7.19. The van der Waals surface area contributed by atoms with Crippen LogP contribution in [-0.2, 0) is 4.79 Å². The summed E-state index contributed by atoms with van der Waals surface area (Å²) in [5.41, 5.74) is 3.13. The van der Waals surface area contributed by atoms with Crippen LogP contribution < -0.4 is 10.2 Å². The molecule has 1 fully saturated rings. The zero-order chi connectivity index (χ0) is 19.7. The van der Waals surface area contributed by atoms with Crippen LogP contribution >= 0.6 is 0 Å². The van der Waals surface area contributed by atoms with E-state index in [1.807, 2.05) is 67.3 Å². The monoisotopic (exact) mass is 378 g/mol. The Labute approximate surface area is 165 Å². The summed E-state index contributed by atoms with van der Waals surface area (Å²) < 4.78 is 5.86. The third kappa shape index (κ3) is 3.67. The van der Waals surface area contributed by atoms with Gasteiger partial charge in [-0.25, -0.2) is 0 Å². The number of hydrogen-bond donors (Lipinski definition) is 1. The molecular weight excluding hydrogens is 352 g/mol. The molecule has 0 spiro atoms. The minimum absolute atomic E-state index is 0.102. The van der Waals surface area contributed by atoms with Gasteiger partial charge in [-0.3, -0.25) is 4.79 Å². The van der Waals surface area contributed by atoms with Crippen molar-refractivity contribution < 1.29 is 9.21 Å². The third-order valence-electron chi connectivity index (χ3n) is 5.16. The second-order valence-corrected chi connectivity index (χ2v) is 7.86. The Morgan fingerprint density at radius 1 is 1.04 bits per heavy atom. The number of amides is 1. The maximum atomic E-state index is 13.1. The second-order valence-electron chi connectivity index (χ2n) is 7.86. The van der Waals surface area contributed by atoms with Crippen LogP contribution in [0.5, 0.6) is 0 Å². The number of nitrogens with one attached hydrogen (secondary N) is 1. The van der Waals surface area contributed by atoms with Crippen LogP contribution in [0.25, 0.3) is 11.1 Å². The van der Waals surface area contributed by atoms with Crippen molar-refractivity contribution >= 4 is 28.7 Å². The SMILES string of the molecule is Cc1ccc(NC(C)(C)C(=O)N2CCN(c3nc4ccccc4o3)CC2)cc1. The number of aryl methyl sites for hydroxylation is 1. The van der Waals surface area contributed by atoms with Crippen molar-refractivity contribution in [2.24, 2.45) is 0 Å². The highest BCUT2D eigenvalue weighted by molar-refractivity contribution is 5.88. The van der Waals surface area contributed by atoms with Crippen molar-refractivity contribution in [1.82, 2.24) is 9.88 Å². The third-order valence-corrected chi connectivity index (χ3v) is 5.16. The van der Waals surface area contributed by atoms with Crippen molar-refractivity contribution in [2.75, 3.05) is 36.4 Å². The topological polar surface area (TPSA) is 61.6 Å². The highest BCUT2D eigenvalue weighted by atomic mass is 16.4. The zero-order valence-corrected chi connectivity index (χ0v) is 16.6. The first-order valence-corrected chi connectivity index (χ1v) is 9.67. The number of hydrogen-bond acceptors (Lipinski definition) is 5. The summed E-state index contributed by atoms with van der Waals surface area (Å²) in [7, 11) is 0. The Balaban J connectivity index is 1.39. The van der Waals surface area contributed by atoms with E-state index in [1.54, 1.807) is 0 Å². The van der Waals surface area contributed by atoms with E-state index >= 15 is 0 Å². The van der Waals surface area contributed by atoms with Gasteiger partial charge in [-0.15, -0.1) is 0 Å². The van der Waals surface area contributed by atoms with Crippen molar-refractivity contribution in [3.05, 3.63) is 54.1 Å². The molecule has 0 bridgehead atoms. The molecule has 2 heterocycles. The molecule has 2 aromatic carbocycles. The summed E-state index contributed by atoms with van der Waals surface area (Å²) in [6.45, 7) is 8.63. The minimum Gasteiger partial charge on any atom is -0.423 e. The fourth-order valence-electron chi connectivity index (χ4n) is 3.54. The van der Waals surface area contributed by atoms with Gasteiger partial charge in [0.05, 0.1) is 0 Å². The number of piperazine rings is 1. The molecule has 0 saturated carbocycles. The van der Waals surface area contributed by atoms with Crippen LogP contribution in [0.3, 0.4) is 0 Å². The lowest BCUT2D eigenvalue weighted by Gasteiger charge is -2.38. The Morgan fingerprint density at radius 3 is 2.39 bits per heavy atom. The summed E-state index contributed by atoms with van der Waals surface area (Å²) in [6, 6.07) is 16.5. The molecule has 4 rings (SSSR count). The lowest BCUT2D eigenvalue weighted by atomic mass is 10.0. The Morgan fingerprint density at radius 2 is 1.71 bits per heavy atom. The summed E-state index contributed by atoms with van der Waals surface area (Å²) in [6.07, 6.45) is 0. The van der Waals surface area contributed by atoms with Gasteiger partial charge < -0.3 is 19.5 Å².